The number of hydrogen-bond donors (Lipinski definition) is 2. The average Bonchev–Trinajstić information content (AvgIpc) is 2.85. The normalized spacial score (nSPS) is 21.1. The number of nitrogens with one attached hydrogen (secondary N) is 2. The van der Waals surface area contributed by atoms with Crippen molar-refractivity contribution in [1.82, 2.24) is 10.8 Å². The van der Waals surface area contributed by atoms with Gasteiger partial charge < -0.3 is 19.6 Å². The molecule has 0 radical (unpaired) electrons. The number of hydroxylamine groups is 1. The van der Waals surface area contributed by atoms with Crippen LogP contribution in [-0.2, 0) is 35.1 Å². The van der Waals surface area contributed by atoms with Crippen molar-refractivity contribution in [2.75, 3.05) is 19.8 Å². The summed E-state index contributed by atoms with van der Waals surface area (Å²) < 4.78 is 9.55. The van der Waals surface area contributed by atoms with Gasteiger partial charge in [0.25, 0.3) is 0 Å². The molecular formula is C25H28N2O6. The van der Waals surface area contributed by atoms with Crippen LogP contribution in [0, 0.1) is 5.92 Å². The molecule has 2 aliphatic heterocycles. The zero-order chi connectivity index (χ0) is 23.0. The van der Waals surface area contributed by atoms with E-state index in [0.717, 1.165) is 12.0 Å². The number of amides is 1. The van der Waals surface area contributed by atoms with Crippen LogP contribution in [-0.4, -0.2) is 49.8 Å². The lowest BCUT2D eigenvalue weighted by Crippen LogP contribution is -2.53. The molecule has 2 fully saturated rings. The van der Waals surface area contributed by atoms with E-state index in [1.807, 2.05) is 48.5 Å². The zero-order valence-corrected chi connectivity index (χ0v) is 18.3. The molecule has 2 aromatic rings. The largest absolute Gasteiger partial charge is 0.464 e. The number of rotatable bonds is 12. The Morgan fingerprint density at radius 1 is 0.970 bits per heavy atom. The third-order valence-electron chi connectivity index (χ3n) is 6.00. The van der Waals surface area contributed by atoms with Crippen LogP contribution in [0.3, 0.4) is 0 Å². The lowest BCUT2D eigenvalue weighted by molar-refractivity contribution is -0.176. The van der Waals surface area contributed by atoms with Gasteiger partial charge in [0.2, 0.25) is 5.91 Å². The van der Waals surface area contributed by atoms with Crippen LogP contribution in [0.2, 0.25) is 0 Å². The highest BCUT2D eigenvalue weighted by Crippen LogP contribution is 2.27. The van der Waals surface area contributed by atoms with Crippen LogP contribution in [0.5, 0.6) is 0 Å². The number of hydrogen-bond acceptors (Lipinski definition) is 7. The van der Waals surface area contributed by atoms with Crippen LogP contribution in [0.15, 0.2) is 60.7 Å². The molecule has 174 valence electrons. The molecule has 8 nitrogen and oxygen atoms in total. The van der Waals surface area contributed by atoms with Crippen molar-refractivity contribution >= 4 is 17.8 Å². The van der Waals surface area contributed by atoms with E-state index in [4.69, 9.17) is 14.3 Å². The number of carbonyl (C=O) groups excluding carboxylic acids is 3. The first kappa shape index (κ1) is 22.9. The molecule has 2 heterocycles. The van der Waals surface area contributed by atoms with E-state index in [0.29, 0.717) is 13.0 Å². The summed E-state index contributed by atoms with van der Waals surface area (Å²) in [6.07, 6.45) is 1.67. The van der Waals surface area contributed by atoms with Gasteiger partial charge in [-0.3, -0.25) is 9.59 Å². The van der Waals surface area contributed by atoms with Gasteiger partial charge in [-0.2, -0.15) is 5.48 Å². The van der Waals surface area contributed by atoms with Crippen molar-refractivity contribution in [3.8, 4) is 0 Å². The molecular weight excluding hydrogens is 424 g/mol. The van der Waals surface area contributed by atoms with E-state index >= 15 is 0 Å². The van der Waals surface area contributed by atoms with Crippen LogP contribution >= 0.6 is 0 Å². The first-order valence-corrected chi connectivity index (χ1v) is 11.2. The minimum absolute atomic E-state index is 0.176. The monoisotopic (exact) mass is 452 g/mol. The lowest BCUT2D eigenvalue weighted by Gasteiger charge is -2.31. The molecule has 33 heavy (non-hydrogen) atoms. The molecule has 2 aliphatic rings. The smallest absolute Gasteiger partial charge is 0.332 e. The quantitative estimate of drug-likeness (QED) is 0.375. The molecule has 4 rings (SSSR count). The van der Waals surface area contributed by atoms with E-state index in [1.165, 1.54) is 5.56 Å². The van der Waals surface area contributed by atoms with Gasteiger partial charge in [-0.25, -0.2) is 4.79 Å². The molecule has 0 aliphatic carbocycles. The summed E-state index contributed by atoms with van der Waals surface area (Å²) in [4.78, 5) is 41.4. The Labute approximate surface area is 192 Å². The number of benzene rings is 2. The predicted molar refractivity (Wildman–Crippen MR) is 119 cm³/mol. The van der Waals surface area contributed by atoms with Gasteiger partial charge in [0, 0.05) is 18.4 Å². The molecule has 2 saturated heterocycles. The van der Waals surface area contributed by atoms with Gasteiger partial charge in [-0.1, -0.05) is 60.7 Å². The van der Waals surface area contributed by atoms with E-state index in [-0.39, 0.29) is 49.4 Å². The Bertz CT molecular complexity index is 952. The summed E-state index contributed by atoms with van der Waals surface area (Å²) >= 11 is 0. The van der Waals surface area contributed by atoms with E-state index in [2.05, 4.69) is 22.9 Å². The molecule has 2 aromatic carbocycles. The van der Waals surface area contributed by atoms with Crippen LogP contribution in [0.4, 0.5) is 0 Å². The topological polar surface area (TPSA) is 103 Å². The summed E-state index contributed by atoms with van der Waals surface area (Å²) in [6, 6.07) is 19.1. The zero-order valence-electron chi connectivity index (χ0n) is 18.3. The third-order valence-corrected chi connectivity index (χ3v) is 6.00. The van der Waals surface area contributed by atoms with Gasteiger partial charge in [0.05, 0.1) is 6.61 Å². The van der Waals surface area contributed by atoms with Gasteiger partial charge >= 0.3 is 11.9 Å². The van der Waals surface area contributed by atoms with Gasteiger partial charge in [0.1, 0.15) is 19.1 Å². The Balaban J connectivity index is 1.47. The molecule has 1 amide bonds. The van der Waals surface area contributed by atoms with Crippen molar-refractivity contribution < 1.29 is 28.7 Å². The number of ether oxygens (including phenoxy) is 2. The van der Waals surface area contributed by atoms with Crippen molar-refractivity contribution in [2.45, 2.75) is 37.3 Å². The first-order chi connectivity index (χ1) is 16.1. The maximum atomic E-state index is 12.8. The highest BCUT2D eigenvalue weighted by Gasteiger charge is 2.35. The van der Waals surface area contributed by atoms with Crippen molar-refractivity contribution in [3.63, 3.8) is 0 Å². The molecule has 0 spiro atoms. The summed E-state index contributed by atoms with van der Waals surface area (Å²) in [7, 11) is 0. The average molecular weight is 453 g/mol. The number of cyclic esters (lactones) is 2. The highest BCUT2D eigenvalue weighted by atomic mass is 16.7. The summed E-state index contributed by atoms with van der Waals surface area (Å²) in [5.74, 6) is -1.37. The fourth-order valence-corrected chi connectivity index (χ4v) is 3.93. The van der Waals surface area contributed by atoms with Crippen LogP contribution < -0.4 is 10.8 Å². The second kappa shape index (κ2) is 11.1. The fraction of sp³-hybridized carbons (Fsp3) is 0.400. The SMILES string of the molecule is O=C(C[C@@H](c1ccccc1)[C@H](CCc1ccccc1)NOCC1COC1=O)NC1COC1=O. The Morgan fingerprint density at radius 3 is 2.24 bits per heavy atom. The standard InChI is InChI=1S/C25H28N2O6/c28-23(26-22-16-32-25(22)30)13-20(18-9-5-2-6-10-18)21(12-11-17-7-3-1-4-8-17)27-33-15-19-14-31-24(19)29/h1-10,19-22,27H,11-16H2,(H,26,28)/t19?,20-,21-,22?/m0/s1. The van der Waals surface area contributed by atoms with Crippen molar-refractivity contribution in [3.05, 3.63) is 71.8 Å². The first-order valence-electron chi connectivity index (χ1n) is 11.2. The number of carbonyl (C=O) groups is 3. The van der Waals surface area contributed by atoms with Gasteiger partial charge in [-0.05, 0) is 24.0 Å². The second-order valence-electron chi connectivity index (χ2n) is 8.36. The van der Waals surface area contributed by atoms with Gasteiger partial charge in [-0.15, -0.1) is 0 Å². The van der Waals surface area contributed by atoms with E-state index < -0.39 is 12.0 Å². The Kier molecular flexibility index (Phi) is 7.70. The van der Waals surface area contributed by atoms with Crippen LogP contribution in [0.25, 0.3) is 0 Å². The molecule has 4 atom stereocenters. The second-order valence-corrected chi connectivity index (χ2v) is 8.36. The van der Waals surface area contributed by atoms with Crippen molar-refractivity contribution in [1.29, 1.82) is 0 Å². The number of esters is 2. The molecule has 8 heteroatoms. The lowest BCUT2D eigenvalue weighted by atomic mass is 9.85. The van der Waals surface area contributed by atoms with E-state index in [9.17, 15) is 14.4 Å². The molecule has 2 N–H and O–H groups in total. The third kappa shape index (κ3) is 6.18. The Morgan fingerprint density at radius 2 is 1.67 bits per heavy atom. The summed E-state index contributed by atoms with van der Waals surface area (Å²) in [5, 5.41) is 2.75. The highest BCUT2D eigenvalue weighted by molar-refractivity contribution is 5.87. The van der Waals surface area contributed by atoms with Crippen LogP contribution in [0.1, 0.15) is 29.9 Å². The minimum Gasteiger partial charge on any atom is -0.464 e. The Hall–Kier alpha value is -3.23. The summed E-state index contributed by atoms with van der Waals surface area (Å²) in [6.45, 7) is 0.774. The molecule has 0 saturated carbocycles. The molecule has 0 aromatic heterocycles. The minimum atomic E-state index is -0.578. The fourth-order valence-electron chi connectivity index (χ4n) is 3.93. The summed E-state index contributed by atoms with van der Waals surface area (Å²) in [5.41, 5.74) is 5.29. The predicted octanol–water partition coefficient (Wildman–Crippen LogP) is 1.90. The maximum Gasteiger partial charge on any atom is 0.332 e. The van der Waals surface area contributed by atoms with Gasteiger partial charge in [0.15, 0.2) is 6.04 Å². The molecule has 2 unspecified atom stereocenters. The number of aryl methyl sites for hydroxylation is 1. The van der Waals surface area contributed by atoms with Crippen molar-refractivity contribution in [2.24, 2.45) is 5.92 Å². The maximum absolute atomic E-state index is 12.8. The van der Waals surface area contributed by atoms with E-state index in [1.54, 1.807) is 0 Å². The molecule has 0 bridgehead atoms.